The minimum Gasteiger partial charge on any atom is -0.477 e. The molecule has 0 aliphatic rings. The number of carboxylic acid groups (broad SMARTS) is 1. The molecule has 20 heavy (non-hydrogen) atoms. The monoisotopic (exact) mass is 302 g/mol. The highest BCUT2D eigenvalue weighted by Gasteiger charge is 2.40. The fourth-order valence-corrected chi connectivity index (χ4v) is 1.21. The Morgan fingerprint density at radius 2 is 2.00 bits per heavy atom. The molecule has 1 aromatic heterocycles. The first-order chi connectivity index (χ1) is 9.04. The maximum Gasteiger partial charge on any atom is 0.573 e. The van der Waals surface area contributed by atoms with Gasteiger partial charge >= 0.3 is 18.0 Å². The lowest BCUT2D eigenvalue weighted by molar-refractivity contribution is -0.390. The second-order valence-electron chi connectivity index (χ2n) is 3.15. The summed E-state index contributed by atoms with van der Waals surface area (Å²) in [5.41, 5.74) is -4.84. The Kier molecular flexibility index (Phi) is 4.06. The molecule has 0 fully saturated rings. The molecule has 0 aliphatic carbocycles. The van der Waals surface area contributed by atoms with E-state index in [-0.39, 0.29) is 6.20 Å². The van der Waals surface area contributed by atoms with Crippen molar-refractivity contribution in [2.75, 3.05) is 0 Å². The van der Waals surface area contributed by atoms with Crippen LogP contribution in [-0.4, -0.2) is 27.3 Å². The normalized spacial score (nSPS) is 11.5. The summed E-state index contributed by atoms with van der Waals surface area (Å²) in [5, 5.41) is 19.2. The lowest BCUT2D eigenvalue weighted by atomic mass is 10.2. The first-order valence-electron chi connectivity index (χ1n) is 4.49. The fourth-order valence-electron chi connectivity index (χ4n) is 1.21. The summed E-state index contributed by atoms with van der Waals surface area (Å²) in [5.74, 6) is -3.90. The van der Waals surface area contributed by atoms with E-state index in [1.54, 1.807) is 0 Å². The molecule has 0 radical (unpaired) electrons. The van der Waals surface area contributed by atoms with Crippen LogP contribution in [0.3, 0.4) is 0 Å². The van der Waals surface area contributed by atoms with E-state index in [1.165, 1.54) is 0 Å². The van der Waals surface area contributed by atoms with Crippen molar-refractivity contribution >= 4 is 11.7 Å². The zero-order valence-electron chi connectivity index (χ0n) is 9.02. The van der Waals surface area contributed by atoms with E-state index in [2.05, 4.69) is 9.72 Å². The molecule has 1 N–H and O–H groups in total. The third kappa shape index (κ3) is 3.27. The largest absolute Gasteiger partial charge is 0.573 e. The van der Waals surface area contributed by atoms with Crippen LogP contribution in [-0.2, 0) is 0 Å². The molecule has 0 aliphatic heterocycles. The van der Waals surface area contributed by atoms with Crippen molar-refractivity contribution in [3.8, 4) is 5.75 Å². The minimum absolute atomic E-state index is 0.123. The Bertz CT molecular complexity index is 559. The smallest absolute Gasteiger partial charge is 0.477 e. The van der Waals surface area contributed by atoms with Gasteiger partial charge in [-0.25, -0.2) is 18.6 Å². The molecule has 0 saturated heterocycles. The topological polar surface area (TPSA) is 103 Å². The number of halogens is 5. The summed E-state index contributed by atoms with van der Waals surface area (Å²) in [6.07, 6.45) is -8.97. The molecule has 110 valence electrons. The van der Waals surface area contributed by atoms with Crippen molar-refractivity contribution < 1.29 is 41.5 Å². The lowest BCUT2D eigenvalue weighted by Gasteiger charge is -2.12. The van der Waals surface area contributed by atoms with E-state index < -0.39 is 46.4 Å². The van der Waals surface area contributed by atoms with E-state index in [0.717, 1.165) is 0 Å². The van der Waals surface area contributed by atoms with Gasteiger partial charge in [-0.3, -0.25) is 10.1 Å². The van der Waals surface area contributed by atoms with Crippen molar-refractivity contribution in [1.29, 1.82) is 0 Å². The van der Waals surface area contributed by atoms with Crippen LogP contribution < -0.4 is 4.74 Å². The Morgan fingerprint density at radius 1 is 1.45 bits per heavy atom. The average Bonchev–Trinajstić information content (AvgIpc) is 2.24. The highest BCUT2D eigenvalue weighted by Crippen LogP contribution is 2.40. The molecule has 1 heterocycles. The predicted octanol–water partition coefficient (Wildman–Crippen LogP) is 2.52. The number of nitrogens with zero attached hydrogens (tertiary/aromatic N) is 2. The zero-order chi connectivity index (χ0) is 15.7. The van der Waals surface area contributed by atoms with E-state index in [1.807, 2.05) is 0 Å². The van der Waals surface area contributed by atoms with Crippen molar-refractivity contribution in [2.24, 2.45) is 0 Å². The second kappa shape index (κ2) is 5.22. The van der Waals surface area contributed by atoms with Crippen molar-refractivity contribution in [3.63, 3.8) is 0 Å². The lowest BCUT2D eigenvalue weighted by Crippen LogP contribution is -2.21. The van der Waals surface area contributed by atoms with Crippen LogP contribution in [0.25, 0.3) is 0 Å². The quantitative estimate of drug-likeness (QED) is 0.521. The van der Waals surface area contributed by atoms with Gasteiger partial charge in [0, 0.05) is 6.20 Å². The summed E-state index contributed by atoms with van der Waals surface area (Å²) in [6, 6.07) is 0. The van der Waals surface area contributed by atoms with Crippen LogP contribution in [0.15, 0.2) is 6.20 Å². The molecule has 1 rings (SSSR count). The molecule has 0 aromatic carbocycles. The van der Waals surface area contributed by atoms with Crippen LogP contribution in [0.4, 0.5) is 27.6 Å². The Labute approximate surface area is 105 Å². The van der Waals surface area contributed by atoms with Crippen LogP contribution in [0.1, 0.15) is 22.5 Å². The molecule has 0 atom stereocenters. The van der Waals surface area contributed by atoms with Gasteiger partial charge < -0.3 is 9.84 Å². The van der Waals surface area contributed by atoms with Crippen LogP contribution in [0.5, 0.6) is 5.75 Å². The third-order valence-corrected chi connectivity index (χ3v) is 1.87. The first-order valence-corrected chi connectivity index (χ1v) is 4.49. The number of carboxylic acids is 1. The van der Waals surface area contributed by atoms with Crippen LogP contribution >= 0.6 is 0 Å². The molecule has 0 bridgehead atoms. The van der Waals surface area contributed by atoms with Gasteiger partial charge in [0.2, 0.25) is 5.75 Å². The van der Waals surface area contributed by atoms with E-state index >= 15 is 0 Å². The molecule has 7 nitrogen and oxygen atoms in total. The number of nitro groups is 1. The van der Waals surface area contributed by atoms with Gasteiger partial charge in [-0.2, -0.15) is 0 Å². The second-order valence-corrected chi connectivity index (χ2v) is 3.15. The molecular weight excluding hydrogens is 299 g/mol. The number of alkyl halides is 5. The molecule has 0 amide bonds. The van der Waals surface area contributed by atoms with E-state index in [0.29, 0.717) is 0 Å². The van der Waals surface area contributed by atoms with Gasteiger partial charge in [0.15, 0.2) is 5.69 Å². The highest BCUT2D eigenvalue weighted by atomic mass is 19.4. The van der Waals surface area contributed by atoms with Gasteiger partial charge in [0.1, 0.15) is 5.56 Å². The van der Waals surface area contributed by atoms with Gasteiger partial charge in [-0.15, -0.1) is 13.2 Å². The molecule has 0 spiro atoms. The standard InChI is InChI=1S/C8H3F5N2O5/c9-6(10)3-4(15(18)19)5(20-8(11,12)13)2(1-14-3)7(16)17/h1,6H,(H,16,17). The van der Waals surface area contributed by atoms with Gasteiger partial charge in [-0.1, -0.05) is 0 Å². The van der Waals surface area contributed by atoms with Crippen molar-refractivity contribution in [1.82, 2.24) is 4.98 Å². The summed E-state index contributed by atoms with van der Waals surface area (Å²) in [4.78, 5) is 22.4. The number of aromatic nitrogens is 1. The predicted molar refractivity (Wildman–Crippen MR) is 49.5 cm³/mol. The maximum atomic E-state index is 12.5. The molecule has 1 aromatic rings. The van der Waals surface area contributed by atoms with Crippen molar-refractivity contribution in [2.45, 2.75) is 12.8 Å². The number of hydrogen-bond donors (Lipinski definition) is 1. The van der Waals surface area contributed by atoms with E-state index in [4.69, 9.17) is 5.11 Å². The molecular formula is C8H3F5N2O5. The first kappa shape index (κ1) is 15.5. The minimum atomic E-state index is -5.50. The maximum absolute atomic E-state index is 12.5. The molecule has 0 saturated carbocycles. The summed E-state index contributed by atoms with van der Waals surface area (Å²) in [6.45, 7) is 0. The summed E-state index contributed by atoms with van der Waals surface area (Å²) < 4.78 is 64.5. The summed E-state index contributed by atoms with van der Waals surface area (Å²) in [7, 11) is 0. The number of aromatic carboxylic acids is 1. The SMILES string of the molecule is O=C(O)c1cnc(C(F)F)c([N+](=O)[O-])c1OC(F)(F)F. The van der Waals surface area contributed by atoms with Crippen LogP contribution in [0.2, 0.25) is 0 Å². The Hall–Kier alpha value is -2.53. The highest BCUT2D eigenvalue weighted by molar-refractivity contribution is 5.92. The molecule has 0 unspecified atom stereocenters. The molecule has 12 heteroatoms. The van der Waals surface area contributed by atoms with Crippen LogP contribution in [0, 0.1) is 10.1 Å². The number of rotatable bonds is 4. The third-order valence-electron chi connectivity index (χ3n) is 1.87. The van der Waals surface area contributed by atoms with Gasteiger partial charge in [0.05, 0.1) is 4.92 Å². The summed E-state index contributed by atoms with van der Waals surface area (Å²) >= 11 is 0. The van der Waals surface area contributed by atoms with Crippen molar-refractivity contribution in [3.05, 3.63) is 27.6 Å². The number of hydrogen-bond acceptors (Lipinski definition) is 5. The van der Waals surface area contributed by atoms with Gasteiger partial charge in [-0.05, 0) is 0 Å². The average molecular weight is 302 g/mol. The number of ether oxygens (including phenoxy) is 1. The fraction of sp³-hybridized carbons (Fsp3) is 0.250. The Morgan fingerprint density at radius 3 is 2.35 bits per heavy atom. The zero-order valence-corrected chi connectivity index (χ0v) is 9.02. The number of carbonyl (C=O) groups is 1. The van der Waals surface area contributed by atoms with Gasteiger partial charge in [0.25, 0.3) is 6.43 Å². The number of pyridine rings is 1. The Balaban J connectivity index is 3.65. The van der Waals surface area contributed by atoms with E-state index in [9.17, 15) is 36.9 Å².